The summed E-state index contributed by atoms with van der Waals surface area (Å²) in [6, 6.07) is 7.81. The van der Waals surface area contributed by atoms with Crippen LogP contribution in [0.25, 0.3) is 0 Å². The number of halogens is 1. The molecule has 84 valence electrons. The summed E-state index contributed by atoms with van der Waals surface area (Å²) in [5.41, 5.74) is 6.80. The highest BCUT2D eigenvalue weighted by Gasteiger charge is 2.06. The Balaban J connectivity index is 2.10. The summed E-state index contributed by atoms with van der Waals surface area (Å²) in [4.78, 5) is 6.27. The van der Waals surface area contributed by atoms with Crippen molar-refractivity contribution in [2.75, 3.05) is 17.7 Å². The van der Waals surface area contributed by atoms with E-state index in [0.29, 0.717) is 0 Å². The lowest BCUT2D eigenvalue weighted by atomic mass is 10.2. The van der Waals surface area contributed by atoms with Gasteiger partial charge in [-0.15, -0.1) is 0 Å². The van der Waals surface area contributed by atoms with Crippen molar-refractivity contribution < 1.29 is 0 Å². The normalized spacial score (nSPS) is 10.4. The molecule has 5 heteroatoms. The molecule has 0 saturated carbocycles. The van der Waals surface area contributed by atoms with Gasteiger partial charge in [0.1, 0.15) is 5.00 Å². The van der Waals surface area contributed by atoms with Gasteiger partial charge >= 0.3 is 0 Å². The van der Waals surface area contributed by atoms with Gasteiger partial charge in [-0.05, 0) is 17.7 Å². The van der Waals surface area contributed by atoms with E-state index in [-0.39, 0.29) is 0 Å². The molecule has 2 aromatic rings. The molecule has 0 spiro atoms. The quantitative estimate of drug-likeness (QED) is 0.914. The van der Waals surface area contributed by atoms with Crippen LogP contribution in [0.2, 0.25) is 5.02 Å². The molecular formula is C11H12ClN3S. The van der Waals surface area contributed by atoms with E-state index in [4.69, 9.17) is 17.3 Å². The predicted molar refractivity (Wildman–Crippen MR) is 70.1 cm³/mol. The van der Waals surface area contributed by atoms with Crippen molar-refractivity contribution >= 4 is 33.1 Å². The smallest absolute Gasteiger partial charge is 0.187 e. The van der Waals surface area contributed by atoms with Crippen LogP contribution in [0.3, 0.4) is 0 Å². The highest BCUT2D eigenvalue weighted by atomic mass is 35.5. The van der Waals surface area contributed by atoms with E-state index in [2.05, 4.69) is 4.98 Å². The molecule has 0 aliphatic carbocycles. The lowest BCUT2D eigenvalue weighted by Gasteiger charge is -2.15. The van der Waals surface area contributed by atoms with E-state index < -0.39 is 0 Å². The average molecular weight is 254 g/mol. The summed E-state index contributed by atoms with van der Waals surface area (Å²) in [5.74, 6) is 0. The van der Waals surface area contributed by atoms with Crippen molar-refractivity contribution in [2.24, 2.45) is 0 Å². The van der Waals surface area contributed by atoms with Crippen LogP contribution in [0.15, 0.2) is 30.5 Å². The monoisotopic (exact) mass is 253 g/mol. The van der Waals surface area contributed by atoms with Gasteiger partial charge < -0.3 is 10.6 Å². The third-order valence-electron chi connectivity index (χ3n) is 2.15. The molecular weight excluding hydrogens is 242 g/mol. The number of hydrogen-bond donors (Lipinski definition) is 1. The molecule has 3 nitrogen and oxygen atoms in total. The highest BCUT2D eigenvalue weighted by Crippen LogP contribution is 2.24. The van der Waals surface area contributed by atoms with Gasteiger partial charge in [0, 0.05) is 18.6 Å². The van der Waals surface area contributed by atoms with Crippen molar-refractivity contribution in [3.8, 4) is 0 Å². The fraction of sp³-hybridized carbons (Fsp3) is 0.182. The van der Waals surface area contributed by atoms with Crippen LogP contribution >= 0.6 is 22.9 Å². The Hall–Kier alpha value is -1.26. The molecule has 0 saturated heterocycles. The zero-order valence-electron chi connectivity index (χ0n) is 8.85. The fourth-order valence-electron chi connectivity index (χ4n) is 1.43. The van der Waals surface area contributed by atoms with Crippen molar-refractivity contribution in [2.45, 2.75) is 6.54 Å². The van der Waals surface area contributed by atoms with Crippen LogP contribution in [0.5, 0.6) is 0 Å². The van der Waals surface area contributed by atoms with Gasteiger partial charge in [0.2, 0.25) is 0 Å². The van der Waals surface area contributed by atoms with Crippen LogP contribution in [-0.2, 0) is 6.54 Å². The van der Waals surface area contributed by atoms with Gasteiger partial charge in [0.15, 0.2) is 5.13 Å². The SMILES string of the molecule is CN(Cc1cccc(Cl)c1)c1ncc(N)s1. The standard InChI is InChI=1S/C11H12ClN3S/c1-15(11-14-6-10(13)16-11)7-8-3-2-4-9(12)5-8/h2-6H,7,13H2,1H3. The third kappa shape index (κ3) is 2.65. The minimum atomic E-state index is 0.730. The number of aromatic nitrogens is 1. The molecule has 0 bridgehead atoms. The van der Waals surface area contributed by atoms with Crippen LogP contribution in [0.1, 0.15) is 5.56 Å². The van der Waals surface area contributed by atoms with Gasteiger partial charge in [0.25, 0.3) is 0 Å². The minimum absolute atomic E-state index is 0.730. The molecule has 0 aliphatic rings. The second-order valence-electron chi connectivity index (χ2n) is 3.53. The maximum absolute atomic E-state index is 5.93. The van der Waals surface area contributed by atoms with Gasteiger partial charge in [-0.1, -0.05) is 35.1 Å². The van der Waals surface area contributed by atoms with E-state index >= 15 is 0 Å². The first-order valence-corrected chi connectivity index (χ1v) is 6.01. The summed E-state index contributed by atoms with van der Waals surface area (Å²) >= 11 is 7.41. The maximum atomic E-state index is 5.93. The zero-order chi connectivity index (χ0) is 11.5. The number of benzene rings is 1. The number of nitrogens with zero attached hydrogens (tertiary/aromatic N) is 2. The lowest BCUT2D eigenvalue weighted by Crippen LogP contribution is -2.15. The zero-order valence-corrected chi connectivity index (χ0v) is 10.4. The maximum Gasteiger partial charge on any atom is 0.187 e. The number of hydrogen-bond acceptors (Lipinski definition) is 4. The van der Waals surface area contributed by atoms with E-state index in [0.717, 1.165) is 27.3 Å². The molecule has 16 heavy (non-hydrogen) atoms. The van der Waals surface area contributed by atoms with Crippen LogP contribution in [0, 0.1) is 0 Å². The van der Waals surface area contributed by atoms with Crippen LogP contribution in [0.4, 0.5) is 10.1 Å². The summed E-state index contributed by atoms with van der Waals surface area (Å²) in [5, 5.41) is 2.40. The van der Waals surface area contributed by atoms with Gasteiger partial charge in [-0.2, -0.15) is 0 Å². The van der Waals surface area contributed by atoms with Crippen molar-refractivity contribution in [3.63, 3.8) is 0 Å². The molecule has 0 unspecified atom stereocenters. The summed E-state index contributed by atoms with van der Waals surface area (Å²) in [7, 11) is 1.99. The Bertz CT molecular complexity index is 484. The molecule has 0 atom stereocenters. The van der Waals surface area contributed by atoms with E-state index in [1.54, 1.807) is 6.20 Å². The molecule has 1 aromatic carbocycles. The number of thiazole rings is 1. The Labute approximate surface area is 103 Å². The van der Waals surface area contributed by atoms with E-state index in [1.807, 2.05) is 36.2 Å². The Morgan fingerprint density at radius 2 is 2.31 bits per heavy atom. The highest BCUT2D eigenvalue weighted by molar-refractivity contribution is 7.19. The second-order valence-corrected chi connectivity index (χ2v) is 5.01. The Morgan fingerprint density at radius 1 is 1.50 bits per heavy atom. The predicted octanol–water partition coefficient (Wildman–Crippen LogP) is 3.02. The summed E-state index contributed by atoms with van der Waals surface area (Å²) in [6.45, 7) is 0.771. The number of anilines is 2. The third-order valence-corrected chi connectivity index (χ3v) is 3.32. The Morgan fingerprint density at radius 3 is 2.94 bits per heavy atom. The first-order valence-electron chi connectivity index (χ1n) is 4.82. The van der Waals surface area contributed by atoms with Crippen LogP contribution in [-0.4, -0.2) is 12.0 Å². The summed E-state index contributed by atoms with van der Waals surface area (Å²) in [6.07, 6.45) is 1.68. The molecule has 2 rings (SSSR count). The molecule has 0 fully saturated rings. The van der Waals surface area contributed by atoms with Gasteiger partial charge in [-0.3, -0.25) is 0 Å². The number of rotatable bonds is 3. The topological polar surface area (TPSA) is 42.2 Å². The average Bonchev–Trinajstić information content (AvgIpc) is 2.65. The largest absolute Gasteiger partial charge is 0.389 e. The minimum Gasteiger partial charge on any atom is -0.389 e. The van der Waals surface area contributed by atoms with Crippen LogP contribution < -0.4 is 10.6 Å². The number of nitrogens with two attached hydrogens (primary N) is 1. The van der Waals surface area contributed by atoms with Gasteiger partial charge in [-0.25, -0.2) is 4.98 Å². The van der Waals surface area contributed by atoms with Crippen molar-refractivity contribution in [1.82, 2.24) is 4.98 Å². The molecule has 2 N–H and O–H groups in total. The van der Waals surface area contributed by atoms with Crippen molar-refractivity contribution in [3.05, 3.63) is 41.0 Å². The molecule has 0 amide bonds. The van der Waals surface area contributed by atoms with Gasteiger partial charge in [0.05, 0.1) is 6.20 Å². The molecule has 0 radical (unpaired) electrons. The second kappa shape index (κ2) is 4.72. The summed E-state index contributed by atoms with van der Waals surface area (Å²) < 4.78 is 0. The molecule has 1 aromatic heterocycles. The lowest BCUT2D eigenvalue weighted by molar-refractivity contribution is 0.915. The first kappa shape index (κ1) is 11.2. The fourth-order valence-corrected chi connectivity index (χ4v) is 2.29. The van der Waals surface area contributed by atoms with E-state index in [1.165, 1.54) is 11.3 Å². The van der Waals surface area contributed by atoms with E-state index in [9.17, 15) is 0 Å². The molecule has 0 aliphatic heterocycles. The number of nitrogen functional groups attached to an aromatic ring is 1. The first-order chi connectivity index (χ1) is 7.65. The van der Waals surface area contributed by atoms with Crippen molar-refractivity contribution in [1.29, 1.82) is 0 Å². The Kier molecular flexibility index (Phi) is 3.31. The molecule has 1 heterocycles.